The molecule has 0 spiro atoms. The van der Waals surface area contributed by atoms with E-state index < -0.39 is 6.36 Å². The van der Waals surface area contributed by atoms with Gasteiger partial charge in [-0.15, -0.1) is 0 Å². The fraction of sp³-hybridized carbons (Fsp3) is 0.444. The van der Waals surface area contributed by atoms with Crippen molar-refractivity contribution in [2.45, 2.75) is 75.5 Å². The predicted octanol–water partition coefficient (Wildman–Crippen LogP) is 8.47. The Morgan fingerprint density at radius 1 is 1.03 bits per heavy atom. The van der Waals surface area contributed by atoms with E-state index in [9.17, 15) is 4.39 Å². The zero-order valence-electron chi connectivity index (χ0n) is 19.1. The molecule has 3 aromatic rings. The van der Waals surface area contributed by atoms with Crippen LogP contribution in [0.15, 0.2) is 51.5 Å². The maximum absolute atomic E-state index is 14.9. The van der Waals surface area contributed by atoms with Gasteiger partial charge in [0.15, 0.2) is 0 Å². The maximum atomic E-state index is 14.9. The Hall–Kier alpha value is -1.44. The van der Waals surface area contributed by atoms with Gasteiger partial charge in [0.1, 0.15) is 11.5 Å². The summed E-state index contributed by atoms with van der Waals surface area (Å²) < 4.78 is 27.6. The first kappa shape index (κ1) is 23.9. The fourth-order valence-corrected chi connectivity index (χ4v) is 6.54. The van der Waals surface area contributed by atoms with Crippen LogP contribution < -0.4 is 0 Å². The van der Waals surface area contributed by atoms with Gasteiger partial charge in [-0.05, 0) is 62.8 Å². The molecule has 1 aromatic heterocycles. The van der Waals surface area contributed by atoms with Crippen molar-refractivity contribution in [1.82, 2.24) is 10.1 Å². The second-order valence-corrected chi connectivity index (χ2v) is 11.6. The highest BCUT2D eigenvalue weighted by Gasteiger charge is 2.43. The van der Waals surface area contributed by atoms with Crippen LogP contribution in [-0.2, 0) is 11.3 Å². The normalized spacial score (nSPS) is 25.2. The second kappa shape index (κ2) is 9.79. The van der Waals surface area contributed by atoms with Gasteiger partial charge in [0.05, 0.1) is 16.1 Å². The van der Waals surface area contributed by atoms with Gasteiger partial charge in [0.25, 0.3) is 0 Å². The topological polar surface area (TPSA) is 38.5 Å². The van der Waals surface area contributed by atoms with Crippen molar-refractivity contribution in [1.29, 1.82) is 0 Å². The molecule has 4 nitrogen and oxygen atoms in total. The van der Waals surface area contributed by atoms with Gasteiger partial charge >= 0.3 is 0 Å². The molecular formula is C27H26BrCl2FN2O2. The summed E-state index contributed by atoms with van der Waals surface area (Å²) in [6.07, 6.45) is 4.55. The van der Waals surface area contributed by atoms with E-state index in [1.807, 2.05) is 30.3 Å². The molecule has 3 heterocycles. The number of ether oxygens (including phenoxy) is 1. The molecule has 3 aliphatic rings. The quantitative estimate of drug-likeness (QED) is 0.281. The molecule has 0 radical (unpaired) electrons. The third-order valence-electron chi connectivity index (χ3n) is 7.59. The second-order valence-electron chi connectivity index (χ2n) is 9.90. The molecule has 2 aliphatic heterocycles. The van der Waals surface area contributed by atoms with E-state index >= 15 is 0 Å². The van der Waals surface area contributed by atoms with Crippen molar-refractivity contribution in [3.05, 3.63) is 73.9 Å². The van der Waals surface area contributed by atoms with Crippen molar-refractivity contribution < 1.29 is 13.7 Å². The van der Waals surface area contributed by atoms with Crippen LogP contribution in [0.1, 0.15) is 67.7 Å². The Morgan fingerprint density at radius 2 is 1.69 bits per heavy atom. The minimum Gasteiger partial charge on any atom is -0.360 e. The van der Waals surface area contributed by atoms with Gasteiger partial charge in [-0.1, -0.05) is 62.5 Å². The lowest BCUT2D eigenvalue weighted by Gasteiger charge is -2.39. The third kappa shape index (κ3) is 4.80. The lowest BCUT2D eigenvalue weighted by molar-refractivity contribution is -0.118. The van der Waals surface area contributed by atoms with E-state index in [1.165, 1.54) is 0 Å². The number of nitrogens with zero attached hydrogens (tertiary/aromatic N) is 2. The summed E-state index contributed by atoms with van der Waals surface area (Å²) >= 11 is 16.5. The molecular weight excluding hydrogens is 554 g/mol. The number of fused-ring (bicyclic) bond motifs is 2. The molecule has 3 unspecified atom stereocenters. The highest BCUT2D eigenvalue weighted by molar-refractivity contribution is 9.10. The molecule has 2 bridgehead atoms. The van der Waals surface area contributed by atoms with Crippen molar-refractivity contribution in [3.63, 3.8) is 0 Å². The van der Waals surface area contributed by atoms with E-state index in [4.69, 9.17) is 32.5 Å². The Morgan fingerprint density at radius 3 is 2.31 bits per heavy atom. The van der Waals surface area contributed by atoms with Crippen LogP contribution in [0, 0.1) is 0 Å². The van der Waals surface area contributed by atoms with Gasteiger partial charge in [-0.25, -0.2) is 4.39 Å². The zero-order valence-corrected chi connectivity index (χ0v) is 22.2. The molecule has 2 aromatic carbocycles. The Bertz CT molecular complexity index is 1180. The summed E-state index contributed by atoms with van der Waals surface area (Å²) in [5, 5.41) is 5.60. The number of aromatic nitrogens is 1. The summed E-state index contributed by atoms with van der Waals surface area (Å²) in [4.78, 5) is 2.54. The molecule has 3 fully saturated rings. The van der Waals surface area contributed by atoms with E-state index in [1.54, 1.807) is 12.1 Å². The number of rotatable bonds is 7. The number of piperidine rings is 1. The lowest BCUT2D eigenvalue weighted by Crippen LogP contribution is -2.45. The molecule has 1 saturated carbocycles. The minimum absolute atomic E-state index is 0.0924. The van der Waals surface area contributed by atoms with Gasteiger partial charge in [-0.3, -0.25) is 4.90 Å². The first-order chi connectivity index (χ1) is 17.0. The van der Waals surface area contributed by atoms with Crippen LogP contribution in [0.2, 0.25) is 10.0 Å². The SMILES string of the molecule is FC(OC1CC2CCC(C1)N2Cc1c(-c2c(Cl)cccc2Cl)noc1C1CC1)c1ccc(Br)cc1. The van der Waals surface area contributed by atoms with E-state index in [-0.39, 0.29) is 6.10 Å². The fourth-order valence-electron chi connectivity index (χ4n) is 5.70. The van der Waals surface area contributed by atoms with Crippen LogP contribution in [0.5, 0.6) is 0 Å². The van der Waals surface area contributed by atoms with Gasteiger partial charge < -0.3 is 9.26 Å². The van der Waals surface area contributed by atoms with Crippen molar-refractivity contribution in [3.8, 4) is 11.3 Å². The zero-order chi connectivity index (χ0) is 24.1. The molecule has 8 heteroatoms. The largest absolute Gasteiger partial charge is 0.360 e. The number of alkyl halides is 1. The summed E-state index contributed by atoms with van der Waals surface area (Å²) in [6, 6.07) is 13.4. The molecule has 0 amide bonds. The van der Waals surface area contributed by atoms with Crippen molar-refractivity contribution in [2.75, 3.05) is 0 Å². The van der Waals surface area contributed by atoms with Crippen LogP contribution in [0.3, 0.4) is 0 Å². The summed E-state index contributed by atoms with van der Waals surface area (Å²) in [5.74, 6) is 1.39. The Balaban J connectivity index is 1.21. The standard InChI is InChI=1S/C27H26BrCl2FN2O2/c28-17-8-6-16(7-9-17)27(31)34-20-12-18-10-11-19(13-20)33(18)14-21-25(32-35-26(21)15-4-5-15)24-22(29)2-1-3-23(24)30/h1-3,6-9,15,18-20,27H,4-5,10-14H2. The highest BCUT2D eigenvalue weighted by Crippen LogP contribution is 2.48. The highest BCUT2D eigenvalue weighted by atomic mass is 79.9. The Kier molecular flexibility index (Phi) is 6.69. The van der Waals surface area contributed by atoms with Crippen molar-refractivity contribution >= 4 is 39.1 Å². The van der Waals surface area contributed by atoms with Gasteiger partial charge in [0.2, 0.25) is 6.36 Å². The molecule has 2 saturated heterocycles. The molecule has 6 rings (SSSR count). The molecule has 0 N–H and O–H groups in total. The number of halogens is 4. The summed E-state index contributed by atoms with van der Waals surface area (Å²) in [6.45, 7) is 0.736. The average molecular weight is 580 g/mol. The van der Waals surface area contributed by atoms with Crippen LogP contribution in [0.4, 0.5) is 4.39 Å². The lowest BCUT2D eigenvalue weighted by atomic mass is 9.97. The number of hydrogen-bond acceptors (Lipinski definition) is 4. The van der Waals surface area contributed by atoms with Crippen LogP contribution >= 0.6 is 39.1 Å². The Labute approximate surface area is 222 Å². The first-order valence-corrected chi connectivity index (χ1v) is 13.8. The minimum atomic E-state index is -1.41. The monoisotopic (exact) mass is 578 g/mol. The maximum Gasteiger partial charge on any atom is 0.225 e. The molecule has 3 atom stereocenters. The van der Waals surface area contributed by atoms with Crippen LogP contribution in [-0.4, -0.2) is 28.2 Å². The van der Waals surface area contributed by atoms with E-state index in [0.717, 1.165) is 72.1 Å². The third-order valence-corrected chi connectivity index (χ3v) is 8.75. The van der Waals surface area contributed by atoms with Gasteiger partial charge in [0, 0.05) is 45.7 Å². The van der Waals surface area contributed by atoms with Crippen molar-refractivity contribution in [2.24, 2.45) is 0 Å². The van der Waals surface area contributed by atoms with Gasteiger partial charge in [-0.2, -0.15) is 0 Å². The van der Waals surface area contributed by atoms with Crippen LogP contribution in [0.25, 0.3) is 11.3 Å². The van der Waals surface area contributed by atoms with E-state index in [0.29, 0.717) is 33.6 Å². The van der Waals surface area contributed by atoms with E-state index in [2.05, 4.69) is 26.0 Å². The smallest absolute Gasteiger partial charge is 0.225 e. The number of benzene rings is 2. The number of hydrogen-bond donors (Lipinski definition) is 0. The average Bonchev–Trinajstić information content (AvgIpc) is 3.56. The summed E-state index contributed by atoms with van der Waals surface area (Å²) in [5.41, 5.74) is 3.14. The first-order valence-electron chi connectivity index (χ1n) is 12.2. The molecule has 35 heavy (non-hydrogen) atoms. The predicted molar refractivity (Wildman–Crippen MR) is 138 cm³/mol. The molecule has 1 aliphatic carbocycles. The summed E-state index contributed by atoms with van der Waals surface area (Å²) in [7, 11) is 0. The molecule has 184 valence electrons.